The zero-order chi connectivity index (χ0) is 20.8. The molecule has 152 valence electrons. The summed E-state index contributed by atoms with van der Waals surface area (Å²) >= 11 is 0. The molecule has 0 bridgehead atoms. The van der Waals surface area contributed by atoms with Crippen LogP contribution in [0, 0.1) is 11.7 Å². The van der Waals surface area contributed by atoms with E-state index in [2.05, 4.69) is 15.4 Å². The monoisotopic (exact) mass is 396 g/mol. The molecule has 2 amide bonds. The summed E-state index contributed by atoms with van der Waals surface area (Å²) in [7, 11) is 0. The van der Waals surface area contributed by atoms with E-state index in [9.17, 15) is 9.18 Å². The summed E-state index contributed by atoms with van der Waals surface area (Å²) in [4.78, 5) is 18.6. The first-order valence-corrected chi connectivity index (χ1v) is 9.64. The minimum absolute atomic E-state index is 0.234. The highest BCUT2D eigenvalue weighted by molar-refractivity contribution is 5.92. The highest BCUT2D eigenvalue weighted by Crippen LogP contribution is 2.25. The number of nitrogens with zero attached hydrogens (tertiary/aromatic N) is 4. The van der Waals surface area contributed by atoms with E-state index in [0.29, 0.717) is 36.2 Å². The van der Waals surface area contributed by atoms with Crippen molar-refractivity contribution in [1.82, 2.24) is 19.7 Å². The minimum Gasteiger partial charge on any atom is -0.396 e. The zero-order valence-corrected chi connectivity index (χ0v) is 16.5. The smallest absolute Gasteiger partial charge is 0.323 e. The molecule has 7 nitrogen and oxygen atoms in total. The molecule has 0 aliphatic carbocycles. The lowest BCUT2D eigenvalue weighted by atomic mass is 10.0. The van der Waals surface area contributed by atoms with E-state index < -0.39 is 0 Å². The van der Waals surface area contributed by atoms with Crippen LogP contribution in [0.15, 0.2) is 54.9 Å². The Morgan fingerprint density at radius 1 is 1.21 bits per heavy atom. The lowest BCUT2D eigenvalue weighted by molar-refractivity contribution is 0.117. The Bertz CT molecular complexity index is 936. The number of amides is 2. The number of carbonyl (C=O) groups excluding carboxylic acids is 1. The van der Waals surface area contributed by atoms with Gasteiger partial charge >= 0.3 is 6.03 Å². The zero-order valence-electron chi connectivity index (χ0n) is 16.5. The SMILES string of the molecule is CC.Nc1ccc(-c2ccc(F)cc2)nc1NC(=O)N1CC(Cn2cccn2)C1. The number of benzene rings is 1. The molecule has 1 fully saturated rings. The van der Waals surface area contributed by atoms with Gasteiger partial charge in [0.05, 0.1) is 11.4 Å². The Hall–Kier alpha value is -3.42. The molecular weight excluding hydrogens is 371 g/mol. The molecule has 4 rings (SSSR count). The molecule has 0 spiro atoms. The number of rotatable bonds is 4. The first kappa shape index (κ1) is 20.3. The maximum absolute atomic E-state index is 13.1. The van der Waals surface area contributed by atoms with Crippen LogP contribution in [0.3, 0.4) is 0 Å². The molecule has 1 saturated heterocycles. The Morgan fingerprint density at radius 2 is 1.93 bits per heavy atom. The van der Waals surface area contributed by atoms with Crippen molar-refractivity contribution in [2.24, 2.45) is 5.92 Å². The molecule has 0 saturated carbocycles. The summed E-state index contributed by atoms with van der Waals surface area (Å²) in [5.41, 5.74) is 7.68. The van der Waals surface area contributed by atoms with Crippen molar-refractivity contribution in [3.05, 3.63) is 60.7 Å². The number of nitrogens with two attached hydrogens (primary N) is 1. The molecule has 2 aromatic heterocycles. The van der Waals surface area contributed by atoms with E-state index in [1.165, 1.54) is 12.1 Å². The maximum Gasteiger partial charge on any atom is 0.323 e. The number of carbonyl (C=O) groups is 1. The van der Waals surface area contributed by atoms with Gasteiger partial charge in [0, 0.05) is 43.5 Å². The minimum atomic E-state index is -0.315. The lowest BCUT2D eigenvalue weighted by Gasteiger charge is -2.39. The summed E-state index contributed by atoms with van der Waals surface area (Å²) in [5, 5.41) is 6.95. The van der Waals surface area contributed by atoms with Crippen molar-refractivity contribution in [3.8, 4) is 11.3 Å². The van der Waals surface area contributed by atoms with Crippen LogP contribution in [-0.4, -0.2) is 38.8 Å². The molecule has 3 aromatic rings. The van der Waals surface area contributed by atoms with Gasteiger partial charge in [-0.2, -0.15) is 5.10 Å². The summed E-state index contributed by atoms with van der Waals surface area (Å²) in [6, 6.07) is 11.1. The molecule has 3 heterocycles. The van der Waals surface area contributed by atoms with Gasteiger partial charge < -0.3 is 10.6 Å². The third kappa shape index (κ3) is 4.90. The topological polar surface area (TPSA) is 89.1 Å². The second-order valence-electron chi connectivity index (χ2n) is 6.57. The molecule has 1 aliphatic rings. The lowest BCUT2D eigenvalue weighted by Crippen LogP contribution is -2.53. The number of pyridine rings is 1. The molecular formula is C21H25FN6O. The Labute approximate surface area is 169 Å². The summed E-state index contributed by atoms with van der Waals surface area (Å²) in [6.45, 7) is 6.10. The predicted molar refractivity (Wildman–Crippen MR) is 112 cm³/mol. The molecule has 8 heteroatoms. The first-order chi connectivity index (χ1) is 14.1. The molecule has 0 atom stereocenters. The second-order valence-corrected chi connectivity index (χ2v) is 6.57. The van der Waals surface area contributed by atoms with Crippen LogP contribution in [0.25, 0.3) is 11.3 Å². The molecule has 0 unspecified atom stereocenters. The van der Waals surface area contributed by atoms with E-state index in [1.807, 2.05) is 30.8 Å². The number of hydrogen-bond acceptors (Lipinski definition) is 4. The number of urea groups is 1. The highest BCUT2D eigenvalue weighted by Gasteiger charge is 2.31. The van der Waals surface area contributed by atoms with Crippen LogP contribution in [0.1, 0.15) is 13.8 Å². The van der Waals surface area contributed by atoms with Gasteiger partial charge in [-0.05, 0) is 42.5 Å². The van der Waals surface area contributed by atoms with Crippen LogP contribution >= 0.6 is 0 Å². The fourth-order valence-corrected chi connectivity index (χ4v) is 3.06. The van der Waals surface area contributed by atoms with Crippen molar-refractivity contribution in [2.75, 3.05) is 24.1 Å². The fourth-order valence-electron chi connectivity index (χ4n) is 3.06. The van der Waals surface area contributed by atoms with Crippen molar-refractivity contribution in [2.45, 2.75) is 20.4 Å². The number of likely N-dealkylation sites (tertiary alicyclic amines) is 1. The standard InChI is InChI=1S/C19H19FN6O.C2H6/c20-15-4-2-14(3-5-15)17-7-6-16(21)18(23-17)24-19(27)25-10-13(11-25)12-26-9-1-8-22-26;1-2/h1-9,13H,10-12,21H2,(H,23,24,27);1-2H3. The number of anilines is 2. The van der Waals surface area contributed by atoms with E-state index in [1.54, 1.807) is 35.4 Å². The van der Waals surface area contributed by atoms with Crippen molar-refractivity contribution < 1.29 is 9.18 Å². The van der Waals surface area contributed by atoms with Crippen LogP contribution in [0.4, 0.5) is 20.7 Å². The number of hydrogen-bond donors (Lipinski definition) is 2. The number of nitrogens with one attached hydrogen (secondary N) is 1. The first-order valence-electron chi connectivity index (χ1n) is 9.64. The molecule has 1 aliphatic heterocycles. The van der Waals surface area contributed by atoms with Gasteiger partial charge in [-0.3, -0.25) is 10.00 Å². The fraction of sp³-hybridized carbons (Fsp3) is 0.286. The summed E-state index contributed by atoms with van der Waals surface area (Å²) in [6.07, 6.45) is 3.65. The number of halogens is 1. The van der Waals surface area contributed by atoms with Crippen LogP contribution in [0.5, 0.6) is 0 Å². The van der Waals surface area contributed by atoms with Crippen molar-refractivity contribution >= 4 is 17.5 Å². The van der Waals surface area contributed by atoms with Gasteiger partial charge in [0.25, 0.3) is 0 Å². The van der Waals surface area contributed by atoms with Gasteiger partial charge in [0.1, 0.15) is 5.82 Å². The average molecular weight is 396 g/mol. The highest BCUT2D eigenvalue weighted by atomic mass is 19.1. The van der Waals surface area contributed by atoms with E-state index in [4.69, 9.17) is 5.73 Å². The van der Waals surface area contributed by atoms with Gasteiger partial charge in [0.2, 0.25) is 0 Å². The third-order valence-corrected chi connectivity index (χ3v) is 4.54. The van der Waals surface area contributed by atoms with Crippen molar-refractivity contribution in [3.63, 3.8) is 0 Å². The Morgan fingerprint density at radius 3 is 2.59 bits per heavy atom. The van der Waals surface area contributed by atoms with E-state index in [0.717, 1.165) is 12.1 Å². The van der Waals surface area contributed by atoms with Gasteiger partial charge in [-0.15, -0.1) is 0 Å². The van der Waals surface area contributed by atoms with Crippen molar-refractivity contribution in [1.29, 1.82) is 0 Å². The van der Waals surface area contributed by atoms with Gasteiger partial charge in [0.15, 0.2) is 5.82 Å². The second kappa shape index (κ2) is 9.18. The normalized spacial score (nSPS) is 13.3. The quantitative estimate of drug-likeness (QED) is 0.701. The third-order valence-electron chi connectivity index (χ3n) is 4.54. The van der Waals surface area contributed by atoms with Gasteiger partial charge in [-0.1, -0.05) is 13.8 Å². The Balaban J connectivity index is 0.00000117. The van der Waals surface area contributed by atoms with Crippen LogP contribution in [0.2, 0.25) is 0 Å². The summed E-state index contributed by atoms with van der Waals surface area (Å²) < 4.78 is 15.0. The molecule has 1 aromatic carbocycles. The number of nitrogen functional groups attached to an aromatic ring is 1. The van der Waals surface area contributed by atoms with E-state index in [-0.39, 0.29) is 11.8 Å². The Kier molecular flexibility index (Phi) is 6.43. The molecule has 29 heavy (non-hydrogen) atoms. The van der Waals surface area contributed by atoms with Gasteiger partial charge in [-0.25, -0.2) is 14.2 Å². The van der Waals surface area contributed by atoms with E-state index >= 15 is 0 Å². The predicted octanol–water partition coefficient (Wildman–Crippen LogP) is 3.86. The maximum atomic E-state index is 13.1. The molecule has 0 radical (unpaired) electrons. The summed E-state index contributed by atoms with van der Waals surface area (Å²) in [5.74, 6) is 0.369. The van der Waals surface area contributed by atoms with Crippen LogP contribution in [-0.2, 0) is 6.54 Å². The molecule has 3 N–H and O–H groups in total. The number of aromatic nitrogens is 3. The largest absolute Gasteiger partial charge is 0.396 e. The average Bonchev–Trinajstić information content (AvgIpc) is 3.21. The van der Waals surface area contributed by atoms with Crippen LogP contribution < -0.4 is 11.1 Å².